The molecule has 0 bridgehead atoms. The molecule has 0 radical (unpaired) electrons. The van der Waals surface area contributed by atoms with Crippen LogP contribution in [0.2, 0.25) is 10.0 Å². The second-order valence-corrected chi connectivity index (χ2v) is 9.39. The van der Waals surface area contributed by atoms with E-state index >= 15 is 0 Å². The van der Waals surface area contributed by atoms with Gasteiger partial charge in [0, 0.05) is 33.3 Å². The number of rotatable bonds is 4. The number of nitrogens with one attached hydrogen (secondary N) is 2. The van der Waals surface area contributed by atoms with E-state index in [2.05, 4.69) is 29.7 Å². The number of halogens is 2. The van der Waals surface area contributed by atoms with Crippen molar-refractivity contribution in [2.45, 2.75) is 33.6 Å². The van der Waals surface area contributed by atoms with Gasteiger partial charge in [0.15, 0.2) is 5.76 Å². The molecule has 0 spiro atoms. The molecule has 1 amide bonds. The third-order valence-electron chi connectivity index (χ3n) is 5.21. The fourth-order valence-corrected chi connectivity index (χ4v) is 4.41. The Labute approximate surface area is 191 Å². The van der Waals surface area contributed by atoms with Gasteiger partial charge in [0.05, 0.1) is 11.4 Å². The van der Waals surface area contributed by atoms with Crippen molar-refractivity contribution in [2.75, 3.05) is 10.7 Å². The summed E-state index contributed by atoms with van der Waals surface area (Å²) in [5, 5.41) is 8.39. The number of nitrogens with zero attached hydrogens (tertiary/aromatic N) is 1. The minimum atomic E-state index is -0.349. The first-order valence-corrected chi connectivity index (χ1v) is 10.8. The maximum atomic E-state index is 13.0. The van der Waals surface area contributed by atoms with Crippen LogP contribution in [0.5, 0.6) is 0 Å². The van der Waals surface area contributed by atoms with Gasteiger partial charge in [-0.3, -0.25) is 10.2 Å². The summed E-state index contributed by atoms with van der Waals surface area (Å²) in [5.74, 6) is 0.696. The fraction of sp³-hybridized carbons (Fsp3) is 0.250. The number of amides is 1. The number of hydrazone groups is 1. The zero-order chi connectivity index (χ0) is 22.2. The molecule has 0 unspecified atom stereocenters. The van der Waals surface area contributed by atoms with Gasteiger partial charge in [-0.2, -0.15) is 5.10 Å². The third-order valence-corrected chi connectivity index (χ3v) is 5.65. The van der Waals surface area contributed by atoms with Gasteiger partial charge >= 0.3 is 0 Å². The number of fused-ring (bicyclic) bond motifs is 1. The van der Waals surface area contributed by atoms with Crippen molar-refractivity contribution in [3.63, 3.8) is 0 Å². The Balaban J connectivity index is 1.67. The van der Waals surface area contributed by atoms with Gasteiger partial charge in [0.25, 0.3) is 5.91 Å². The molecule has 0 aliphatic heterocycles. The molecular formula is C24H23Cl2N3O2. The Morgan fingerprint density at radius 1 is 1.03 bits per heavy atom. The van der Waals surface area contributed by atoms with E-state index in [1.807, 2.05) is 37.3 Å². The molecule has 1 aliphatic rings. The number of hydrogen-bond acceptors (Lipinski definition) is 4. The monoisotopic (exact) mass is 455 g/mol. The summed E-state index contributed by atoms with van der Waals surface area (Å²) in [6.45, 7) is 6.22. The van der Waals surface area contributed by atoms with Crippen LogP contribution < -0.4 is 10.7 Å². The number of furan rings is 1. The molecule has 2 aromatic carbocycles. The number of hydrogen-bond donors (Lipinski definition) is 2. The van der Waals surface area contributed by atoms with Crippen LogP contribution in [-0.4, -0.2) is 11.6 Å². The van der Waals surface area contributed by atoms with Crippen LogP contribution in [0.25, 0.3) is 0 Å². The van der Waals surface area contributed by atoms with E-state index in [0.29, 0.717) is 15.7 Å². The smallest absolute Gasteiger partial charge is 0.291 e. The summed E-state index contributed by atoms with van der Waals surface area (Å²) >= 11 is 12.1. The predicted molar refractivity (Wildman–Crippen MR) is 127 cm³/mol. The summed E-state index contributed by atoms with van der Waals surface area (Å²) in [6.07, 6.45) is 1.50. The highest BCUT2D eigenvalue weighted by atomic mass is 35.5. The molecule has 0 saturated carbocycles. The van der Waals surface area contributed by atoms with Crippen LogP contribution in [0.15, 0.2) is 58.0 Å². The second-order valence-electron chi connectivity index (χ2n) is 8.52. The van der Waals surface area contributed by atoms with Gasteiger partial charge in [-0.15, -0.1) is 0 Å². The van der Waals surface area contributed by atoms with Gasteiger partial charge in [0.1, 0.15) is 5.76 Å². The standard InChI is InChI=1S/C24H23Cl2N3O2/c1-14-21-19(29-28-17-7-5-4-6-8-17)12-24(2,3)13-20(21)31-22(14)23(30)27-18-10-15(25)9-16(26)11-18/h4-11,28H,12-13H2,1-3H3,(H,27,30)/b29-19-. The Hall–Kier alpha value is -2.76. The van der Waals surface area contributed by atoms with Crippen LogP contribution >= 0.6 is 23.2 Å². The van der Waals surface area contributed by atoms with Crippen LogP contribution in [-0.2, 0) is 6.42 Å². The summed E-state index contributed by atoms with van der Waals surface area (Å²) < 4.78 is 6.06. The molecule has 0 fully saturated rings. The van der Waals surface area contributed by atoms with Crippen molar-refractivity contribution in [2.24, 2.45) is 10.5 Å². The van der Waals surface area contributed by atoms with E-state index in [1.165, 1.54) is 0 Å². The zero-order valence-corrected chi connectivity index (χ0v) is 19.1. The van der Waals surface area contributed by atoms with E-state index < -0.39 is 0 Å². The summed E-state index contributed by atoms with van der Waals surface area (Å²) in [6, 6.07) is 14.7. The lowest BCUT2D eigenvalue weighted by Gasteiger charge is -2.29. The molecule has 4 rings (SSSR count). The Morgan fingerprint density at radius 2 is 1.71 bits per heavy atom. The summed E-state index contributed by atoms with van der Waals surface area (Å²) in [7, 11) is 0. The van der Waals surface area contributed by atoms with E-state index in [1.54, 1.807) is 18.2 Å². The number of anilines is 2. The first-order chi connectivity index (χ1) is 14.7. The Bertz CT molecular complexity index is 1150. The maximum absolute atomic E-state index is 13.0. The average molecular weight is 456 g/mol. The van der Waals surface area contributed by atoms with Crippen molar-refractivity contribution >= 4 is 46.2 Å². The first-order valence-electron chi connectivity index (χ1n) is 9.99. The number of carbonyl (C=O) groups excluding carboxylic acids is 1. The summed E-state index contributed by atoms with van der Waals surface area (Å²) in [5.41, 5.74) is 7.04. The normalized spacial score (nSPS) is 16.1. The number of benzene rings is 2. The van der Waals surface area contributed by atoms with Gasteiger partial charge in [-0.1, -0.05) is 55.2 Å². The van der Waals surface area contributed by atoms with Gasteiger partial charge in [-0.25, -0.2) is 0 Å². The average Bonchev–Trinajstić information content (AvgIpc) is 3.01. The maximum Gasteiger partial charge on any atom is 0.291 e. The first kappa shape index (κ1) is 21.5. The minimum absolute atomic E-state index is 0.0390. The number of para-hydroxylation sites is 1. The van der Waals surface area contributed by atoms with E-state index in [4.69, 9.17) is 27.6 Å². The van der Waals surface area contributed by atoms with Crippen molar-refractivity contribution in [3.8, 4) is 0 Å². The lowest BCUT2D eigenvalue weighted by molar-refractivity contribution is 0.0993. The molecule has 2 N–H and O–H groups in total. The molecule has 0 atom stereocenters. The van der Waals surface area contributed by atoms with Gasteiger partial charge in [0.2, 0.25) is 0 Å². The highest BCUT2D eigenvalue weighted by Gasteiger charge is 2.36. The van der Waals surface area contributed by atoms with Crippen LogP contribution in [0.4, 0.5) is 11.4 Å². The minimum Gasteiger partial charge on any atom is -0.455 e. The molecular weight excluding hydrogens is 433 g/mol. The highest BCUT2D eigenvalue weighted by Crippen LogP contribution is 2.39. The molecule has 3 aromatic rings. The molecule has 1 heterocycles. The molecule has 160 valence electrons. The molecule has 0 saturated heterocycles. The third kappa shape index (κ3) is 4.78. The second kappa shape index (κ2) is 8.40. The topological polar surface area (TPSA) is 66.6 Å². The van der Waals surface area contributed by atoms with Crippen molar-refractivity contribution in [3.05, 3.63) is 81.2 Å². The zero-order valence-electron chi connectivity index (χ0n) is 17.6. The molecule has 1 aliphatic carbocycles. The fourth-order valence-electron chi connectivity index (χ4n) is 3.88. The molecule has 5 nitrogen and oxygen atoms in total. The van der Waals surface area contributed by atoms with Gasteiger partial charge in [-0.05, 0) is 49.1 Å². The van der Waals surface area contributed by atoms with E-state index in [0.717, 1.165) is 41.1 Å². The molecule has 31 heavy (non-hydrogen) atoms. The molecule has 1 aromatic heterocycles. The van der Waals surface area contributed by atoms with E-state index in [-0.39, 0.29) is 17.1 Å². The Kier molecular flexibility index (Phi) is 5.82. The van der Waals surface area contributed by atoms with Crippen molar-refractivity contribution < 1.29 is 9.21 Å². The lowest BCUT2D eigenvalue weighted by Crippen LogP contribution is -2.27. The summed E-state index contributed by atoms with van der Waals surface area (Å²) in [4.78, 5) is 13.0. The van der Waals surface area contributed by atoms with Gasteiger partial charge < -0.3 is 9.73 Å². The van der Waals surface area contributed by atoms with Crippen molar-refractivity contribution in [1.29, 1.82) is 0 Å². The number of carbonyl (C=O) groups is 1. The van der Waals surface area contributed by atoms with Crippen LogP contribution in [0, 0.1) is 12.3 Å². The molecule has 7 heteroatoms. The quantitative estimate of drug-likeness (QED) is 0.418. The Morgan fingerprint density at radius 3 is 2.39 bits per heavy atom. The lowest BCUT2D eigenvalue weighted by atomic mass is 9.75. The van der Waals surface area contributed by atoms with Crippen molar-refractivity contribution in [1.82, 2.24) is 0 Å². The highest BCUT2D eigenvalue weighted by molar-refractivity contribution is 6.35. The van der Waals surface area contributed by atoms with E-state index in [9.17, 15) is 4.79 Å². The van der Waals surface area contributed by atoms with Crippen LogP contribution in [0.3, 0.4) is 0 Å². The predicted octanol–water partition coefficient (Wildman–Crippen LogP) is 6.94. The SMILES string of the molecule is Cc1c(C(=O)Nc2cc(Cl)cc(Cl)c2)oc2c1/C(=N\Nc1ccccc1)CC(C)(C)C2. The van der Waals surface area contributed by atoms with Crippen LogP contribution in [0.1, 0.15) is 47.7 Å². The largest absolute Gasteiger partial charge is 0.455 e.